The number of non-ortho nitro benzene ring substituents is 1. The average molecular weight is 433 g/mol. The van der Waals surface area contributed by atoms with E-state index in [0.29, 0.717) is 18.6 Å². The van der Waals surface area contributed by atoms with Crippen molar-refractivity contribution in [1.29, 1.82) is 0 Å². The largest absolute Gasteiger partial charge is 0.269 e. The zero-order valence-corrected chi connectivity index (χ0v) is 17.8. The molecular weight excluding hydrogens is 404 g/mol. The van der Waals surface area contributed by atoms with Crippen LogP contribution >= 0.6 is 0 Å². The van der Waals surface area contributed by atoms with Crippen LogP contribution in [-0.2, 0) is 10.0 Å². The molecule has 0 amide bonds. The highest BCUT2D eigenvalue weighted by Gasteiger charge is 2.24. The molecule has 0 bridgehead atoms. The third kappa shape index (κ3) is 5.63. The van der Waals surface area contributed by atoms with E-state index in [1.807, 2.05) is 18.2 Å². The summed E-state index contributed by atoms with van der Waals surface area (Å²) in [6.07, 6.45) is 4.80. The average Bonchev–Trinajstić information content (AvgIpc) is 3.23. The number of nitrogens with one attached hydrogen (secondary N) is 2. The molecule has 2 aromatic rings. The van der Waals surface area contributed by atoms with Gasteiger partial charge in [-0.25, -0.2) is 12.7 Å². The lowest BCUT2D eigenvalue weighted by molar-refractivity contribution is -0.384. The van der Waals surface area contributed by atoms with Crippen LogP contribution < -0.4 is 10.9 Å². The van der Waals surface area contributed by atoms with Gasteiger partial charge in [-0.1, -0.05) is 43.2 Å². The van der Waals surface area contributed by atoms with Crippen molar-refractivity contribution in [2.24, 2.45) is 0 Å². The molecule has 1 fully saturated rings. The summed E-state index contributed by atoms with van der Waals surface area (Å²) in [6.45, 7) is 0.419. The van der Waals surface area contributed by atoms with E-state index in [0.717, 1.165) is 32.1 Å². The van der Waals surface area contributed by atoms with Gasteiger partial charge >= 0.3 is 0 Å². The Morgan fingerprint density at radius 2 is 1.73 bits per heavy atom. The van der Waals surface area contributed by atoms with Gasteiger partial charge in [0.2, 0.25) is 10.0 Å². The molecule has 1 heterocycles. The van der Waals surface area contributed by atoms with Crippen molar-refractivity contribution >= 4 is 15.7 Å². The molecule has 0 saturated carbocycles. The molecule has 1 aliphatic heterocycles. The first-order chi connectivity index (χ1) is 14.4. The van der Waals surface area contributed by atoms with Gasteiger partial charge in [0.1, 0.15) is 0 Å². The Bertz CT molecular complexity index is 935. The number of nitro groups is 1. The predicted molar refractivity (Wildman–Crippen MR) is 115 cm³/mol. The second-order valence-corrected chi connectivity index (χ2v) is 9.66. The standard InChI is InChI=1S/C21H28N4O4S/c1-24(30(28,29)20-13-11-19(12-14-20)25(26)27)15-7-3-6-10-18-16-21(23-22-18)17-8-4-2-5-9-17/h2,4-5,8-9,11-14,18,21-23H,3,6-7,10,15-16H2,1H3. The van der Waals surface area contributed by atoms with Crippen LogP contribution in [0.25, 0.3) is 0 Å². The van der Waals surface area contributed by atoms with Crippen molar-refractivity contribution in [3.63, 3.8) is 0 Å². The fourth-order valence-electron chi connectivity index (χ4n) is 3.66. The van der Waals surface area contributed by atoms with Gasteiger partial charge in [0.25, 0.3) is 5.69 Å². The molecule has 9 heteroatoms. The monoisotopic (exact) mass is 432 g/mol. The quantitative estimate of drug-likeness (QED) is 0.339. The van der Waals surface area contributed by atoms with Crippen LogP contribution in [0.3, 0.4) is 0 Å². The first-order valence-electron chi connectivity index (χ1n) is 10.1. The zero-order chi connectivity index (χ0) is 21.6. The maximum absolute atomic E-state index is 12.6. The number of hydrogen-bond donors (Lipinski definition) is 2. The molecule has 1 saturated heterocycles. The summed E-state index contributed by atoms with van der Waals surface area (Å²) in [7, 11) is -2.09. The van der Waals surface area contributed by atoms with Gasteiger partial charge in [0.05, 0.1) is 9.82 Å². The minimum atomic E-state index is -3.63. The number of benzene rings is 2. The Balaban J connectivity index is 1.38. The molecule has 2 aromatic carbocycles. The first kappa shape index (κ1) is 22.4. The van der Waals surface area contributed by atoms with E-state index < -0.39 is 14.9 Å². The molecule has 1 aliphatic rings. The molecular formula is C21H28N4O4S. The van der Waals surface area contributed by atoms with Gasteiger partial charge in [-0.3, -0.25) is 21.0 Å². The Kier molecular flexibility index (Phi) is 7.54. The third-order valence-electron chi connectivity index (χ3n) is 5.47. The molecule has 0 spiro atoms. The van der Waals surface area contributed by atoms with E-state index in [-0.39, 0.29) is 10.6 Å². The van der Waals surface area contributed by atoms with Gasteiger partial charge < -0.3 is 0 Å². The van der Waals surface area contributed by atoms with E-state index in [4.69, 9.17) is 0 Å². The lowest BCUT2D eigenvalue weighted by atomic mass is 9.99. The van der Waals surface area contributed by atoms with Gasteiger partial charge in [-0.2, -0.15) is 0 Å². The van der Waals surface area contributed by atoms with Crippen molar-refractivity contribution in [3.05, 3.63) is 70.3 Å². The van der Waals surface area contributed by atoms with Crippen LogP contribution in [-0.4, -0.2) is 37.3 Å². The number of sulfonamides is 1. The number of unbranched alkanes of at least 4 members (excludes halogenated alkanes) is 2. The number of hydrazine groups is 1. The molecule has 2 N–H and O–H groups in total. The van der Waals surface area contributed by atoms with E-state index in [1.54, 1.807) is 7.05 Å². The van der Waals surface area contributed by atoms with E-state index in [2.05, 4.69) is 23.0 Å². The second-order valence-electron chi connectivity index (χ2n) is 7.61. The molecule has 0 aromatic heterocycles. The zero-order valence-electron chi connectivity index (χ0n) is 17.0. The molecule has 2 unspecified atom stereocenters. The van der Waals surface area contributed by atoms with Crippen molar-refractivity contribution in [3.8, 4) is 0 Å². The summed E-state index contributed by atoms with van der Waals surface area (Å²) in [4.78, 5) is 10.2. The number of rotatable bonds is 10. The first-order valence-corrected chi connectivity index (χ1v) is 11.6. The Hall–Kier alpha value is -2.33. The number of hydrogen-bond acceptors (Lipinski definition) is 6. The van der Waals surface area contributed by atoms with Gasteiger partial charge in [0.15, 0.2) is 0 Å². The molecule has 8 nitrogen and oxygen atoms in total. The van der Waals surface area contributed by atoms with Crippen molar-refractivity contribution < 1.29 is 13.3 Å². The molecule has 2 atom stereocenters. The van der Waals surface area contributed by atoms with Crippen molar-refractivity contribution in [1.82, 2.24) is 15.2 Å². The second kappa shape index (κ2) is 10.1. The van der Waals surface area contributed by atoms with Gasteiger partial charge in [0, 0.05) is 37.8 Å². The van der Waals surface area contributed by atoms with Crippen LogP contribution in [0.5, 0.6) is 0 Å². The lowest BCUT2D eigenvalue weighted by Crippen LogP contribution is -2.30. The fourth-order valence-corrected chi connectivity index (χ4v) is 4.87. The van der Waals surface area contributed by atoms with Crippen molar-refractivity contribution in [2.75, 3.05) is 13.6 Å². The molecule has 30 heavy (non-hydrogen) atoms. The minimum absolute atomic E-state index is 0.0729. The molecule has 0 radical (unpaired) electrons. The highest BCUT2D eigenvalue weighted by molar-refractivity contribution is 7.89. The van der Waals surface area contributed by atoms with E-state index >= 15 is 0 Å². The van der Waals surface area contributed by atoms with E-state index in [9.17, 15) is 18.5 Å². The molecule has 162 valence electrons. The Morgan fingerprint density at radius 1 is 1.03 bits per heavy atom. The SMILES string of the molecule is CN(CCCCCC1CC(c2ccccc2)NN1)S(=O)(=O)c1ccc([N+](=O)[O-])cc1. The summed E-state index contributed by atoms with van der Waals surface area (Å²) in [6, 6.07) is 16.1. The van der Waals surface area contributed by atoms with Gasteiger partial charge in [-0.15, -0.1) is 0 Å². The minimum Gasteiger partial charge on any atom is -0.258 e. The Morgan fingerprint density at radius 3 is 2.40 bits per heavy atom. The van der Waals surface area contributed by atoms with Crippen LogP contribution in [0.15, 0.2) is 59.5 Å². The van der Waals surface area contributed by atoms with Crippen molar-refractivity contribution in [2.45, 2.75) is 49.1 Å². The number of nitrogens with zero attached hydrogens (tertiary/aromatic N) is 2. The topological polar surface area (TPSA) is 105 Å². The maximum Gasteiger partial charge on any atom is 0.269 e. The fraction of sp³-hybridized carbons (Fsp3) is 0.429. The van der Waals surface area contributed by atoms with Gasteiger partial charge in [-0.05, 0) is 37.0 Å². The van der Waals surface area contributed by atoms with Crippen LogP contribution in [0.2, 0.25) is 0 Å². The van der Waals surface area contributed by atoms with Crippen LogP contribution in [0.4, 0.5) is 5.69 Å². The van der Waals surface area contributed by atoms with E-state index in [1.165, 1.54) is 34.1 Å². The molecule has 0 aliphatic carbocycles. The third-order valence-corrected chi connectivity index (χ3v) is 7.34. The summed E-state index contributed by atoms with van der Waals surface area (Å²) in [5.74, 6) is 0. The summed E-state index contributed by atoms with van der Waals surface area (Å²) >= 11 is 0. The smallest absolute Gasteiger partial charge is 0.258 e. The highest BCUT2D eigenvalue weighted by Crippen LogP contribution is 2.24. The summed E-state index contributed by atoms with van der Waals surface area (Å²) in [5, 5.41) is 10.7. The van der Waals surface area contributed by atoms with Crippen LogP contribution in [0.1, 0.15) is 43.7 Å². The normalized spacial score (nSPS) is 19.3. The lowest BCUT2D eigenvalue weighted by Gasteiger charge is -2.17. The predicted octanol–water partition coefficient (Wildman–Crippen LogP) is 3.38. The Labute approximate surface area is 177 Å². The highest BCUT2D eigenvalue weighted by atomic mass is 32.2. The maximum atomic E-state index is 12.6. The summed E-state index contributed by atoms with van der Waals surface area (Å²) in [5.41, 5.74) is 7.87. The van der Waals surface area contributed by atoms with Crippen LogP contribution in [0, 0.1) is 10.1 Å². The number of nitro benzene ring substituents is 1. The summed E-state index contributed by atoms with van der Waals surface area (Å²) < 4.78 is 26.5. The molecule has 3 rings (SSSR count).